The number of ketones is 2. The molecule has 6 nitrogen and oxygen atoms in total. The molecule has 0 bridgehead atoms. The van der Waals surface area contributed by atoms with Crippen LogP contribution in [0.15, 0.2) is 60.7 Å². The molecule has 25 heavy (non-hydrogen) atoms. The molecule has 6 heteroatoms. The van der Waals surface area contributed by atoms with Crippen molar-refractivity contribution in [1.82, 2.24) is 0 Å². The summed E-state index contributed by atoms with van der Waals surface area (Å²) in [5.41, 5.74) is 6.99. The summed E-state index contributed by atoms with van der Waals surface area (Å²) in [7, 11) is 0. The van der Waals surface area contributed by atoms with Gasteiger partial charge in [-0.3, -0.25) is 14.4 Å². The molecule has 0 aliphatic heterocycles. The second-order valence-electron chi connectivity index (χ2n) is 5.40. The van der Waals surface area contributed by atoms with Crippen molar-refractivity contribution in [3.05, 3.63) is 77.4 Å². The molecule has 1 atom stereocenters. The van der Waals surface area contributed by atoms with Crippen LogP contribution in [0.2, 0.25) is 0 Å². The van der Waals surface area contributed by atoms with Gasteiger partial charge in [-0.05, 0) is 12.0 Å². The first-order valence-electron chi connectivity index (χ1n) is 7.51. The van der Waals surface area contributed by atoms with Gasteiger partial charge in [0, 0.05) is 17.2 Å². The van der Waals surface area contributed by atoms with Gasteiger partial charge in [-0.15, -0.1) is 0 Å². The molecule has 0 saturated carbocycles. The number of fused-ring (bicyclic) bond motifs is 1. The average Bonchev–Trinajstić information content (AvgIpc) is 2.61. The Bertz CT molecular complexity index is 827. The van der Waals surface area contributed by atoms with Crippen molar-refractivity contribution in [3.8, 4) is 0 Å². The maximum absolute atomic E-state index is 11.3. The van der Waals surface area contributed by atoms with Crippen molar-refractivity contribution in [2.75, 3.05) is 0 Å². The SMILES string of the molecule is NC(Cc1ccccc1)C(=O)O.O=C1C=C(O)c2ccccc2C1=O. The van der Waals surface area contributed by atoms with E-state index in [1.165, 1.54) is 6.07 Å². The highest BCUT2D eigenvalue weighted by Gasteiger charge is 2.24. The number of nitrogens with two attached hydrogens (primary N) is 1. The molecule has 3 rings (SSSR count). The van der Waals surface area contributed by atoms with E-state index < -0.39 is 23.6 Å². The van der Waals surface area contributed by atoms with E-state index in [2.05, 4.69) is 0 Å². The van der Waals surface area contributed by atoms with Gasteiger partial charge < -0.3 is 15.9 Å². The highest BCUT2D eigenvalue weighted by Crippen LogP contribution is 2.22. The fraction of sp³-hybridized carbons (Fsp3) is 0.105. The molecule has 1 unspecified atom stereocenters. The predicted octanol–water partition coefficient (Wildman–Crippen LogP) is 1.99. The van der Waals surface area contributed by atoms with Crippen LogP contribution in [0, 0.1) is 0 Å². The Balaban J connectivity index is 0.000000181. The van der Waals surface area contributed by atoms with Crippen LogP contribution in [0.4, 0.5) is 0 Å². The number of carboxylic acids is 1. The lowest BCUT2D eigenvalue weighted by Gasteiger charge is -2.10. The van der Waals surface area contributed by atoms with Crippen molar-refractivity contribution in [2.24, 2.45) is 5.73 Å². The number of rotatable bonds is 3. The Labute approximate surface area is 144 Å². The monoisotopic (exact) mass is 339 g/mol. The summed E-state index contributed by atoms with van der Waals surface area (Å²) in [4.78, 5) is 32.6. The third-order valence-corrected chi connectivity index (χ3v) is 3.55. The summed E-state index contributed by atoms with van der Waals surface area (Å²) in [5, 5.41) is 17.9. The van der Waals surface area contributed by atoms with Crippen LogP contribution in [0.25, 0.3) is 5.76 Å². The number of allylic oxidation sites excluding steroid dienone is 1. The van der Waals surface area contributed by atoms with Gasteiger partial charge >= 0.3 is 5.97 Å². The van der Waals surface area contributed by atoms with Crippen LogP contribution in [-0.2, 0) is 16.0 Å². The number of hydrogen-bond donors (Lipinski definition) is 3. The lowest BCUT2D eigenvalue weighted by atomic mass is 9.94. The summed E-state index contributed by atoms with van der Waals surface area (Å²) in [6.45, 7) is 0. The van der Waals surface area contributed by atoms with Crippen molar-refractivity contribution >= 4 is 23.3 Å². The van der Waals surface area contributed by atoms with Crippen molar-refractivity contribution in [2.45, 2.75) is 12.5 Å². The molecule has 1 aliphatic rings. The first-order valence-corrected chi connectivity index (χ1v) is 7.51. The zero-order valence-corrected chi connectivity index (χ0v) is 13.3. The highest BCUT2D eigenvalue weighted by atomic mass is 16.4. The number of carbonyl (C=O) groups is 3. The van der Waals surface area contributed by atoms with Gasteiger partial charge in [0.25, 0.3) is 0 Å². The first kappa shape index (κ1) is 18.1. The summed E-state index contributed by atoms with van der Waals surface area (Å²) in [6, 6.07) is 15.0. The van der Waals surface area contributed by atoms with Crippen molar-refractivity contribution in [1.29, 1.82) is 0 Å². The van der Waals surface area contributed by atoms with Crippen LogP contribution < -0.4 is 5.73 Å². The van der Waals surface area contributed by atoms with E-state index in [1.807, 2.05) is 30.3 Å². The molecule has 0 saturated heterocycles. The van der Waals surface area contributed by atoms with Gasteiger partial charge in [-0.1, -0.05) is 54.6 Å². The molecule has 0 spiro atoms. The predicted molar refractivity (Wildman–Crippen MR) is 92.1 cm³/mol. The van der Waals surface area contributed by atoms with Crippen molar-refractivity contribution in [3.63, 3.8) is 0 Å². The van der Waals surface area contributed by atoms with Gasteiger partial charge in [0.15, 0.2) is 0 Å². The number of hydrogen-bond acceptors (Lipinski definition) is 5. The first-order chi connectivity index (χ1) is 11.9. The van der Waals surface area contributed by atoms with E-state index in [1.54, 1.807) is 18.2 Å². The molecule has 0 heterocycles. The zero-order valence-electron chi connectivity index (χ0n) is 13.3. The van der Waals surface area contributed by atoms with E-state index in [9.17, 15) is 19.5 Å². The van der Waals surface area contributed by atoms with Gasteiger partial charge in [0.05, 0.1) is 0 Å². The Kier molecular flexibility index (Phi) is 5.81. The van der Waals surface area contributed by atoms with Crippen LogP contribution in [0.1, 0.15) is 21.5 Å². The standard InChI is InChI=1S/C10H6O3.C9H11NO2/c11-8-5-9(12)10(13)7-4-2-1-3-6(7)8;10-8(9(11)12)6-7-4-2-1-3-5-7/h1-5,11H;1-5,8H,6,10H2,(H,11,12). The fourth-order valence-corrected chi connectivity index (χ4v) is 2.26. The molecule has 4 N–H and O–H groups in total. The van der Waals surface area contributed by atoms with Crippen LogP contribution in [-0.4, -0.2) is 33.8 Å². The Morgan fingerprint density at radius 3 is 2.12 bits per heavy atom. The smallest absolute Gasteiger partial charge is 0.320 e. The molecule has 0 radical (unpaired) electrons. The highest BCUT2D eigenvalue weighted by molar-refractivity contribution is 6.50. The summed E-state index contributed by atoms with van der Waals surface area (Å²) < 4.78 is 0. The second-order valence-corrected chi connectivity index (χ2v) is 5.40. The number of aliphatic hydroxyl groups excluding tert-OH is 1. The van der Waals surface area contributed by atoms with Gasteiger partial charge in [0.1, 0.15) is 11.8 Å². The number of aliphatic carboxylic acids is 1. The van der Waals surface area contributed by atoms with Gasteiger partial charge in [-0.25, -0.2) is 0 Å². The van der Waals surface area contributed by atoms with Gasteiger partial charge in [0.2, 0.25) is 11.6 Å². The number of aliphatic hydroxyl groups is 1. The summed E-state index contributed by atoms with van der Waals surface area (Å²) in [5.74, 6) is -2.33. The third kappa shape index (κ3) is 4.62. The normalized spacial score (nSPS) is 13.9. The molecule has 0 amide bonds. The minimum atomic E-state index is -0.959. The number of carbonyl (C=O) groups excluding carboxylic acids is 2. The third-order valence-electron chi connectivity index (χ3n) is 3.55. The number of benzene rings is 2. The Morgan fingerprint density at radius 2 is 1.52 bits per heavy atom. The van der Waals surface area contributed by atoms with E-state index in [0.717, 1.165) is 11.6 Å². The molecular formula is C19H17NO5. The second kappa shape index (κ2) is 8.03. The van der Waals surface area contributed by atoms with E-state index in [4.69, 9.17) is 10.8 Å². The van der Waals surface area contributed by atoms with Crippen LogP contribution in [0.5, 0.6) is 0 Å². The van der Waals surface area contributed by atoms with E-state index in [-0.39, 0.29) is 11.3 Å². The Hall–Kier alpha value is -3.25. The summed E-state index contributed by atoms with van der Waals surface area (Å²) >= 11 is 0. The maximum Gasteiger partial charge on any atom is 0.320 e. The maximum atomic E-state index is 11.3. The fourth-order valence-electron chi connectivity index (χ4n) is 2.26. The molecular weight excluding hydrogens is 322 g/mol. The van der Waals surface area contributed by atoms with E-state index >= 15 is 0 Å². The minimum Gasteiger partial charge on any atom is -0.507 e. The molecule has 2 aromatic rings. The van der Waals surface area contributed by atoms with Crippen LogP contribution in [0.3, 0.4) is 0 Å². The Morgan fingerprint density at radius 1 is 0.960 bits per heavy atom. The summed E-state index contributed by atoms with van der Waals surface area (Å²) in [6.07, 6.45) is 1.33. The number of carboxylic acid groups (broad SMARTS) is 1. The van der Waals surface area contributed by atoms with Gasteiger partial charge in [-0.2, -0.15) is 0 Å². The zero-order chi connectivity index (χ0) is 18.4. The molecule has 1 aliphatic carbocycles. The number of Topliss-reactive ketones (excluding diaryl/α,β-unsaturated/α-hetero) is 1. The van der Waals surface area contributed by atoms with Crippen molar-refractivity contribution < 1.29 is 24.6 Å². The largest absolute Gasteiger partial charge is 0.507 e. The average molecular weight is 339 g/mol. The van der Waals surface area contributed by atoms with E-state index in [0.29, 0.717) is 12.0 Å². The lowest BCUT2D eigenvalue weighted by molar-refractivity contribution is -0.138. The van der Waals surface area contributed by atoms with Crippen LogP contribution >= 0.6 is 0 Å². The quantitative estimate of drug-likeness (QED) is 0.736. The molecule has 0 fully saturated rings. The molecule has 0 aromatic heterocycles. The molecule has 2 aromatic carbocycles. The molecule has 128 valence electrons. The topological polar surface area (TPSA) is 118 Å². The lowest BCUT2D eigenvalue weighted by Crippen LogP contribution is -2.32. The minimum absolute atomic E-state index is 0.139.